The van der Waals surface area contributed by atoms with Gasteiger partial charge < -0.3 is 10.1 Å². The third kappa shape index (κ3) is 6.08. The third-order valence-corrected chi connectivity index (χ3v) is 2.91. The van der Waals surface area contributed by atoms with Crippen molar-refractivity contribution in [2.24, 2.45) is 0 Å². The van der Waals surface area contributed by atoms with Crippen LogP contribution < -0.4 is 5.32 Å². The molecule has 108 valence electrons. The van der Waals surface area contributed by atoms with Gasteiger partial charge in [-0.05, 0) is 24.1 Å². The van der Waals surface area contributed by atoms with E-state index in [-0.39, 0.29) is 13.2 Å². The number of allylic oxidation sites excluding steroid dienone is 1. The largest absolute Gasteiger partial charge is 0.452 e. The molecule has 6 heteroatoms. The molecule has 0 heterocycles. The molecular weight excluding hydrogens is 301 g/mol. The summed E-state index contributed by atoms with van der Waals surface area (Å²) in [5.41, 5.74) is 0.738. The Labute approximate surface area is 127 Å². The molecule has 0 radical (unpaired) electrons. The number of rotatable bonds is 6. The van der Waals surface area contributed by atoms with Crippen LogP contribution in [0.3, 0.4) is 0 Å². The first kappa shape index (κ1) is 16.5. The fourth-order valence-electron chi connectivity index (χ4n) is 1.31. The van der Waals surface area contributed by atoms with Gasteiger partial charge in [0.15, 0.2) is 6.61 Å². The zero-order valence-electron chi connectivity index (χ0n) is 11.0. The van der Waals surface area contributed by atoms with Crippen molar-refractivity contribution >= 4 is 35.1 Å². The number of hydrogen-bond acceptors (Lipinski definition) is 3. The molecule has 0 spiro atoms. The molecule has 4 nitrogen and oxygen atoms in total. The maximum absolute atomic E-state index is 11.5. The number of ether oxygens (including phenoxy) is 1. The number of nitrogens with one attached hydrogen (secondary N) is 1. The number of carbonyl (C=O) groups excluding carboxylic acids is 2. The molecule has 0 bridgehead atoms. The molecule has 0 aliphatic rings. The average molecular weight is 316 g/mol. The van der Waals surface area contributed by atoms with Crippen LogP contribution in [0.5, 0.6) is 0 Å². The van der Waals surface area contributed by atoms with Gasteiger partial charge in [-0.3, -0.25) is 4.79 Å². The van der Waals surface area contributed by atoms with Crippen LogP contribution in [0.15, 0.2) is 30.4 Å². The van der Waals surface area contributed by atoms with Crippen LogP contribution in [0, 0.1) is 0 Å². The van der Waals surface area contributed by atoms with Crippen LogP contribution in [0.25, 0.3) is 0 Å². The average Bonchev–Trinajstić information content (AvgIpc) is 2.41. The van der Waals surface area contributed by atoms with Gasteiger partial charge in [0, 0.05) is 22.7 Å². The molecular formula is C14H15Cl2NO3. The van der Waals surface area contributed by atoms with Gasteiger partial charge >= 0.3 is 5.97 Å². The summed E-state index contributed by atoms with van der Waals surface area (Å²) in [5, 5.41) is 3.61. The van der Waals surface area contributed by atoms with Gasteiger partial charge in [0.1, 0.15) is 0 Å². The Morgan fingerprint density at radius 3 is 2.75 bits per heavy atom. The summed E-state index contributed by atoms with van der Waals surface area (Å²) in [4.78, 5) is 22.6. The Morgan fingerprint density at radius 2 is 2.10 bits per heavy atom. The first-order valence-corrected chi connectivity index (χ1v) is 6.82. The van der Waals surface area contributed by atoms with E-state index in [4.69, 9.17) is 27.9 Å². The number of hydrogen-bond donors (Lipinski definition) is 1. The van der Waals surface area contributed by atoms with E-state index in [2.05, 4.69) is 5.32 Å². The predicted octanol–water partition coefficient (Wildman–Crippen LogP) is 3.12. The van der Waals surface area contributed by atoms with E-state index in [0.717, 1.165) is 12.0 Å². The Morgan fingerprint density at radius 1 is 1.35 bits per heavy atom. The molecule has 0 aliphatic carbocycles. The lowest BCUT2D eigenvalue weighted by Gasteiger charge is -2.07. The van der Waals surface area contributed by atoms with Gasteiger partial charge in [0.25, 0.3) is 5.91 Å². The number of carbonyl (C=O) groups is 2. The number of esters is 1. The van der Waals surface area contributed by atoms with Crippen molar-refractivity contribution < 1.29 is 14.3 Å². The van der Waals surface area contributed by atoms with Gasteiger partial charge in [-0.25, -0.2) is 4.79 Å². The summed E-state index contributed by atoms with van der Waals surface area (Å²) in [5.74, 6) is -0.930. The molecule has 0 saturated heterocycles. The first-order chi connectivity index (χ1) is 9.52. The second-order valence-corrected chi connectivity index (χ2v) is 4.77. The zero-order valence-corrected chi connectivity index (χ0v) is 12.5. The van der Waals surface area contributed by atoms with Crippen LogP contribution >= 0.6 is 23.2 Å². The summed E-state index contributed by atoms with van der Waals surface area (Å²) in [7, 11) is 0. The van der Waals surface area contributed by atoms with E-state index in [1.54, 1.807) is 24.3 Å². The predicted molar refractivity (Wildman–Crippen MR) is 78.7 cm³/mol. The minimum atomic E-state index is -0.536. The molecule has 1 amide bonds. The highest BCUT2D eigenvalue weighted by Gasteiger charge is 2.06. The quantitative estimate of drug-likeness (QED) is 0.648. The van der Waals surface area contributed by atoms with Gasteiger partial charge in [-0.2, -0.15) is 0 Å². The van der Waals surface area contributed by atoms with Gasteiger partial charge in [0.2, 0.25) is 0 Å². The second-order valence-electron chi connectivity index (χ2n) is 3.93. The fraction of sp³-hybridized carbons (Fsp3) is 0.286. The van der Waals surface area contributed by atoms with Crippen molar-refractivity contribution in [3.63, 3.8) is 0 Å². The van der Waals surface area contributed by atoms with E-state index < -0.39 is 11.9 Å². The maximum Gasteiger partial charge on any atom is 0.330 e. The Bertz CT molecular complexity index is 515. The van der Waals surface area contributed by atoms with Crippen molar-refractivity contribution in [2.45, 2.75) is 19.9 Å². The number of benzene rings is 1. The minimum absolute atomic E-state index is 0.247. The molecule has 20 heavy (non-hydrogen) atoms. The zero-order chi connectivity index (χ0) is 15.0. The molecule has 0 aromatic heterocycles. The smallest absolute Gasteiger partial charge is 0.330 e. The second kappa shape index (κ2) is 8.61. The normalized spacial score (nSPS) is 10.6. The molecule has 1 rings (SSSR count). The van der Waals surface area contributed by atoms with Crippen molar-refractivity contribution in [3.05, 3.63) is 46.0 Å². The highest BCUT2D eigenvalue weighted by Crippen LogP contribution is 2.20. The van der Waals surface area contributed by atoms with Crippen LogP contribution in [0.2, 0.25) is 10.0 Å². The van der Waals surface area contributed by atoms with Gasteiger partial charge in [0.05, 0.1) is 0 Å². The first-order valence-electron chi connectivity index (χ1n) is 6.07. The van der Waals surface area contributed by atoms with Crippen LogP contribution in [0.4, 0.5) is 0 Å². The maximum atomic E-state index is 11.5. The van der Waals surface area contributed by atoms with E-state index in [9.17, 15) is 9.59 Å². The van der Waals surface area contributed by atoms with Crippen LogP contribution in [-0.4, -0.2) is 18.5 Å². The Balaban J connectivity index is 2.36. The molecule has 1 aromatic carbocycles. The topological polar surface area (TPSA) is 55.4 Å². The Hall–Kier alpha value is -1.52. The molecule has 1 aromatic rings. The monoisotopic (exact) mass is 315 g/mol. The van der Waals surface area contributed by atoms with E-state index in [1.165, 1.54) is 6.08 Å². The SMILES string of the molecule is CC/C=C/C(=O)OCC(=O)NCc1ccc(Cl)cc1Cl. The van der Waals surface area contributed by atoms with Crippen molar-refractivity contribution in [1.29, 1.82) is 0 Å². The van der Waals surface area contributed by atoms with Crippen molar-refractivity contribution in [2.75, 3.05) is 6.61 Å². The van der Waals surface area contributed by atoms with Gasteiger partial charge in [-0.1, -0.05) is 42.3 Å². The highest BCUT2D eigenvalue weighted by molar-refractivity contribution is 6.35. The fourth-order valence-corrected chi connectivity index (χ4v) is 1.78. The lowest BCUT2D eigenvalue weighted by molar-refractivity contribution is -0.143. The summed E-state index contributed by atoms with van der Waals surface area (Å²) in [6.45, 7) is 1.82. The lowest BCUT2D eigenvalue weighted by atomic mass is 10.2. The van der Waals surface area contributed by atoms with E-state index >= 15 is 0 Å². The van der Waals surface area contributed by atoms with E-state index in [0.29, 0.717) is 10.0 Å². The molecule has 0 saturated carbocycles. The van der Waals surface area contributed by atoms with Crippen molar-refractivity contribution in [3.8, 4) is 0 Å². The van der Waals surface area contributed by atoms with Crippen LogP contribution in [0.1, 0.15) is 18.9 Å². The summed E-state index contributed by atoms with van der Waals surface area (Å²) in [6.07, 6.45) is 3.69. The van der Waals surface area contributed by atoms with Crippen molar-refractivity contribution in [1.82, 2.24) is 5.32 Å². The third-order valence-electron chi connectivity index (χ3n) is 2.33. The summed E-state index contributed by atoms with van der Waals surface area (Å²) >= 11 is 11.7. The molecule has 0 fully saturated rings. The minimum Gasteiger partial charge on any atom is -0.452 e. The molecule has 0 unspecified atom stereocenters. The lowest BCUT2D eigenvalue weighted by Crippen LogP contribution is -2.28. The summed E-state index contributed by atoms with van der Waals surface area (Å²) < 4.78 is 4.75. The Kier molecular flexibility index (Phi) is 7.12. The van der Waals surface area contributed by atoms with Crippen LogP contribution in [-0.2, 0) is 20.9 Å². The van der Waals surface area contributed by atoms with Gasteiger partial charge in [-0.15, -0.1) is 0 Å². The molecule has 1 N–H and O–H groups in total. The van der Waals surface area contributed by atoms with E-state index in [1.807, 2.05) is 6.92 Å². The highest BCUT2D eigenvalue weighted by atomic mass is 35.5. The number of amides is 1. The summed E-state index contributed by atoms with van der Waals surface area (Å²) in [6, 6.07) is 5.01. The number of halogens is 2. The molecule has 0 atom stereocenters. The standard InChI is InChI=1S/C14H15Cl2NO3/c1-2-3-4-14(19)20-9-13(18)17-8-10-5-6-11(15)7-12(10)16/h3-7H,2,8-9H2,1H3,(H,17,18)/b4-3+. The molecule has 0 aliphatic heterocycles.